The first kappa shape index (κ1) is 15.1. The number of aliphatic carboxylic acids is 1. The smallest absolute Gasteiger partial charge is 0.410 e. The summed E-state index contributed by atoms with van der Waals surface area (Å²) in [5, 5.41) is 8.95. The summed E-state index contributed by atoms with van der Waals surface area (Å²) in [6, 6.07) is 0. The Balaban J connectivity index is 2.04. The highest BCUT2D eigenvalue weighted by Gasteiger charge is 2.49. The average Bonchev–Trinajstić information content (AvgIpc) is 2.23. The molecule has 1 amide bonds. The molecule has 0 bridgehead atoms. The Bertz CT molecular complexity index is 395. The van der Waals surface area contributed by atoms with Crippen LogP contribution in [-0.4, -0.2) is 39.8 Å². The molecule has 0 aromatic carbocycles. The van der Waals surface area contributed by atoms with Crippen LogP contribution in [0.1, 0.15) is 59.3 Å². The first-order valence-electron chi connectivity index (χ1n) is 7.44. The second kappa shape index (κ2) is 5.26. The topological polar surface area (TPSA) is 66.8 Å². The van der Waals surface area contributed by atoms with Crippen LogP contribution < -0.4 is 0 Å². The van der Waals surface area contributed by atoms with Gasteiger partial charge < -0.3 is 14.7 Å². The van der Waals surface area contributed by atoms with Gasteiger partial charge in [0, 0.05) is 18.5 Å². The van der Waals surface area contributed by atoms with Gasteiger partial charge in [-0.25, -0.2) is 4.79 Å². The molecule has 0 aromatic heterocycles. The first-order valence-corrected chi connectivity index (χ1v) is 7.44. The predicted molar refractivity (Wildman–Crippen MR) is 74.5 cm³/mol. The van der Waals surface area contributed by atoms with Crippen molar-refractivity contribution >= 4 is 12.1 Å². The Labute approximate surface area is 120 Å². The lowest BCUT2D eigenvalue weighted by atomic mass is 9.67. The van der Waals surface area contributed by atoms with Crippen molar-refractivity contribution in [3.8, 4) is 0 Å². The number of hydrogen-bond acceptors (Lipinski definition) is 3. The van der Waals surface area contributed by atoms with Crippen LogP contribution in [0.15, 0.2) is 0 Å². The van der Waals surface area contributed by atoms with Crippen molar-refractivity contribution in [1.82, 2.24) is 4.90 Å². The third-order valence-electron chi connectivity index (χ3n) is 4.36. The van der Waals surface area contributed by atoms with Crippen LogP contribution in [0.2, 0.25) is 0 Å². The summed E-state index contributed by atoms with van der Waals surface area (Å²) in [5.74, 6) is -0.554. The van der Waals surface area contributed by atoms with E-state index in [0.717, 1.165) is 32.1 Å². The van der Waals surface area contributed by atoms with Crippen LogP contribution in [0.5, 0.6) is 0 Å². The van der Waals surface area contributed by atoms with Crippen LogP contribution in [-0.2, 0) is 9.53 Å². The van der Waals surface area contributed by atoms with Crippen molar-refractivity contribution in [1.29, 1.82) is 0 Å². The van der Waals surface area contributed by atoms with Crippen LogP contribution in [0.3, 0.4) is 0 Å². The zero-order chi connectivity index (χ0) is 15.0. The van der Waals surface area contributed by atoms with E-state index in [1.807, 2.05) is 25.7 Å². The fourth-order valence-electron chi connectivity index (χ4n) is 3.38. The molecule has 1 N–H and O–H groups in total. The molecule has 2 rings (SSSR count). The summed E-state index contributed by atoms with van der Waals surface area (Å²) >= 11 is 0. The number of carboxylic acids is 1. The number of piperidine rings is 1. The molecule has 1 spiro atoms. The zero-order valence-corrected chi connectivity index (χ0v) is 12.6. The second-order valence-electron chi connectivity index (χ2n) is 7.17. The van der Waals surface area contributed by atoms with Crippen molar-refractivity contribution in [3.63, 3.8) is 0 Å². The number of carboxylic acid groups (broad SMARTS) is 1. The normalized spacial score (nSPS) is 25.1. The molecule has 1 saturated heterocycles. The molecule has 5 nitrogen and oxygen atoms in total. The van der Waals surface area contributed by atoms with Gasteiger partial charge in [-0.2, -0.15) is 0 Å². The number of hydrogen-bond donors (Lipinski definition) is 1. The third kappa shape index (κ3) is 3.25. The number of carbonyl (C=O) groups is 2. The van der Waals surface area contributed by atoms with Crippen molar-refractivity contribution in [2.24, 2.45) is 5.92 Å². The van der Waals surface area contributed by atoms with E-state index >= 15 is 0 Å². The quantitative estimate of drug-likeness (QED) is 0.846. The number of carbonyl (C=O) groups excluding carboxylic acids is 1. The van der Waals surface area contributed by atoms with Gasteiger partial charge in [0.05, 0.1) is 0 Å². The summed E-state index contributed by atoms with van der Waals surface area (Å²) < 4.78 is 5.50. The number of ether oxygens (including phenoxy) is 1. The van der Waals surface area contributed by atoms with Crippen LogP contribution in [0, 0.1) is 5.92 Å². The van der Waals surface area contributed by atoms with Crippen molar-refractivity contribution in [3.05, 3.63) is 0 Å². The maximum Gasteiger partial charge on any atom is 0.410 e. The van der Waals surface area contributed by atoms with Crippen molar-refractivity contribution in [2.75, 3.05) is 6.54 Å². The van der Waals surface area contributed by atoms with Crippen LogP contribution >= 0.6 is 0 Å². The van der Waals surface area contributed by atoms with Gasteiger partial charge in [0.2, 0.25) is 0 Å². The van der Waals surface area contributed by atoms with E-state index in [1.165, 1.54) is 0 Å². The fourth-order valence-corrected chi connectivity index (χ4v) is 3.38. The number of likely N-dealkylation sites (tertiary alicyclic amines) is 1. The van der Waals surface area contributed by atoms with Gasteiger partial charge in [-0.05, 0) is 58.8 Å². The third-order valence-corrected chi connectivity index (χ3v) is 4.36. The Hall–Kier alpha value is -1.26. The molecule has 0 aromatic rings. The lowest BCUT2D eigenvalue weighted by Gasteiger charge is -2.54. The lowest BCUT2D eigenvalue weighted by Crippen LogP contribution is -2.61. The predicted octanol–water partition coefficient (Wildman–Crippen LogP) is 3.03. The minimum absolute atomic E-state index is 0.138. The molecule has 20 heavy (non-hydrogen) atoms. The van der Waals surface area contributed by atoms with Gasteiger partial charge in [-0.1, -0.05) is 0 Å². The van der Waals surface area contributed by atoms with E-state index in [4.69, 9.17) is 9.84 Å². The molecular weight excluding hydrogens is 258 g/mol. The molecule has 114 valence electrons. The highest BCUT2D eigenvalue weighted by molar-refractivity contribution is 5.70. The molecule has 1 heterocycles. The minimum Gasteiger partial charge on any atom is -0.481 e. The minimum atomic E-state index is -0.741. The summed E-state index contributed by atoms with van der Waals surface area (Å²) in [6.07, 6.45) is 4.59. The summed E-state index contributed by atoms with van der Waals surface area (Å²) in [6.45, 7) is 6.23. The molecule has 1 atom stereocenters. The monoisotopic (exact) mass is 283 g/mol. The molecule has 1 aliphatic carbocycles. The highest BCUT2D eigenvalue weighted by atomic mass is 16.6. The van der Waals surface area contributed by atoms with E-state index in [-0.39, 0.29) is 24.0 Å². The van der Waals surface area contributed by atoms with Gasteiger partial charge in [-0.3, -0.25) is 4.79 Å². The largest absolute Gasteiger partial charge is 0.481 e. The average molecular weight is 283 g/mol. The zero-order valence-electron chi connectivity index (χ0n) is 12.6. The number of rotatable bonds is 2. The van der Waals surface area contributed by atoms with E-state index < -0.39 is 11.6 Å². The van der Waals surface area contributed by atoms with Crippen LogP contribution in [0.4, 0.5) is 4.79 Å². The first-order chi connectivity index (χ1) is 9.22. The number of amides is 1. The summed E-state index contributed by atoms with van der Waals surface area (Å²) in [5.41, 5.74) is -0.624. The molecule has 5 heteroatoms. The van der Waals surface area contributed by atoms with Gasteiger partial charge >= 0.3 is 12.1 Å². The Morgan fingerprint density at radius 2 is 2.00 bits per heavy atom. The van der Waals surface area contributed by atoms with E-state index in [1.54, 1.807) is 0 Å². The maximum absolute atomic E-state index is 12.3. The standard InChI is InChI=1S/C15H25NO4/c1-14(2,3)20-13(19)16-8-5-11(9-12(17)18)10-15(16)6-4-7-15/h11H,4-10H2,1-3H3,(H,17,18). The van der Waals surface area contributed by atoms with E-state index in [2.05, 4.69) is 0 Å². The maximum atomic E-state index is 12.3. The molecule has 0 radical (unpaired) electrons. The van der Waals surface area contributed by atoms with Crippen LogP contribution in [0.25, 0.3) is 0 Å². The summed E-state index contributed by atoms with van der Waals surface area (Å²) in [4.78, 5) is 25.1. The molecule has 1 saturated carbocycles. The van der Waals surface area contributed by atoms with Gasteiger partial charge in [0.1, 0.15) is 5.60 Å². The Morgan fingerprint density at radius 1 is 1.35 bits per heavy atom. The van der Waals surface area contributed by atoms with E-state index in [0.29, 0.717) is 6.54 Å². The summed E-state index contributed by atoms with van der Waals surface area (Å²) in [7, 11) is 0. The molecule has 2 fully saturated rings. The Morgan fingerprint density at radius 3 is 2.45 bits per heavy atom. The van der Waals surface area contributed by atoms with Gasteiger partial charge in [0.15, 0.2) is 0 Å². The van der Waals surface area contributed by atoms with Crippen molar-refractivity contribution < 1.29 is 19.4 Å². The Kier molecular flexibility index (Phi) is 3.98. The second-order valence-corrected chi connectivity index (χ2v) is 7.17. The molecule has 1 aliphatic heterocycles. The molecular formula is C15H25NO4. The van der Waals surface area contributed by atoms with Crippen molar-refractivity contribution in [2.45, 2.75) is 70.4 Å². The number of nitrogens with zero attached hydrogens (tertiary/aromatic N) is 1. The van der Waals surface area contributed by atoms with Gasteiger partial charge in [0.25, 0.3) is 0 Å². The van der Waals surface area contributed by atoms with Gasteiger partial charge in [-0.15, -0.1) is 0 Å². The highest BCUT2D eigenvalue weighted by Crippen LogP contribution is 2.47. The van der Waals surface area contributed by atoms with E-state index in [9.17, 15) is 9.59 Å². The molecule has 1 unspecified atom stereocenters. The lowest BCUT2D eigenvalue weighted by molar-refractivity contribution is -0.139. The fraction of sp³-hybridized carbons (Fsp3) is 0.867. The SMILES string of the molecule is CC(C)(C)OC(=O)N1CCC(CC(=O)O)CC12CCC2. The molecule has 2 aliphatic rings.